The van der Waals surface area contributed by atoms with Gasteiger partial charge in [-0.15, -0.1) is 9.36 Å². The Hall–Kier alpha value is -3.31. The van der Waals surface area contributed by atoms with Crippen LogP contribution in [0.25, 0.3) is 0 Å². The van der Waals surface area contributed by atoms with Crippen LogP contribution < -0.4 is 15.4 Å². The van der Waals surface area contributed by atoms with Crippen molar-refractivity contribution in [3.05, 3.63) is 60.2 Å². The van der Waals surface area contributed by atoms with E-state index in [2.05, 4.69) is 47.7 Å². The van der Waals surface area contributed by atoms with E-state index < -0.39 is 10.1 Å². The molecule has 1 aliphatic carbocycles. The summed E-state index contributed by atoms with van der Waals surface area (Å²) in [6, 6.07) is 13.3. The topological polar surface area (TPSA) is 133 Å². The quantitative estimate of drug-likeness (QED) is 0.192. The van der Waals surface area contributed by atoms with Crippen LogP contribution in [0, 0.1) is 31.6 Å². The number of rotatable bonds is 6. The van der Waals surface area contributed by atoms with Crippen molar-refractivity contribution in [2.75, 3.05) is 24.8 Å². The number of hydrogen-bond acceptors (Lipinski definition) is 8. The summed E-state index contributed by atoms with van der Waals surface area (Å²) in [5, 5.41) is 12.7. The molecule has 212 valence electrons. The Labute approximate surface area is 232 Å². The van der Waals surface area contributed by atoms with Gasteiger partial charge in [-0.25, -0.2) is 8.42 Å². The number of anilines is 1. The number of benzene rings is 2. The standard InChI is InChI=1S/C14H27N4.C14H15N3O3S/c1-9(2)13-7-6-10(3)8-14(13)18-12(5)17(15)11(4)16-18;1-17(2)13-7-3-11(4-8-13)15-16-12-5-9-14(10-6-12)21(18,19)20/h9-10,13-14H,6-8,15H2,1-5H3;3-10H,1-2H3,(H,18,19,20)/q+1;/p-1. The smallest absolute Gasteiger partial charge is 0.295 e. The minimum atomic E-state index is -4.43. The lowest BCUT2D eigenvalue weighted by molar-refractivity contribution is -0.652. The average molecular weight is 556 g/mol. The van der Waals surface area contributed by atoms with E-state index in [1.165, 1.54) is 43.5 Å². The molecule has 1 saturated carbocycles. The number of nitrogens with zero attached hydrogens (tertiary/aromatic N) is 6. The second kappa shape index (κ2) is 12.7. The van der Waals surface area contributed by atoms with E-state index in [1.54, 1.807) is 4.68 Å². The van der Waals surface area contributed by atoms with Crippen LogP contribution in [0.5, 0.6) is 0 Å². The second-order valence-corrected chi connectivity index (χ2v) is 12.2. The molecule has 1 fully saturated rings. The summed E-state index contributed by atoms with van der Waals surface area (Å²) >= 11 is 0. The summed E-state index contributed by atoms with van der Waals surface area (Å²) < 4.78 is 36.3. The van der Waals surface area contributed by atoms with Gasteiger partial charge in [0.05, 0.1) is 16.3 Å². The number of nitrogen functional groups attached to an aromatic ring is 1. The molecule has 3 aromatic rings. The van der Waals surface area contributed by atoms with Gasteiger partial charge in [0, 0.05) is 38.7 Å². The molecule has 3 unspecified atom stereocenters. The average Bonchev–Trinajstić information content (AvgIpc) is 3.14. The molecule has 0 spiro atoms. The third kappa shape index (κ3) is 7.86. The van der Waals surface area contributed by atoms with Gasteiger partial charge in [-0.2, -0.15) is 10.2 Å². The van der Waals surface area contributed by atoms with Crippen molar-refractivity contribution in [3.8, 4) is 0 Å². The maximum atomic E-state index is 10.8. The Morgan fingerprint density at radius 1 is 1.03 bits per heavy atom. The Morgan fingerprint density at radius 3 is 2.00 bits per heavy atom. The molecule has 0 saturated heterocycles. The zero-order valence-corrected chi connectivity index (χ0v) is 24.8. The van der Waals surface area contributed by atoms with Crippen molar-refractivity contribution < 1.29 is 17.6 Å². The van der Waals surface area contributed by atoms with Gasteiger partial charge in [0.25, 0.3) is 11.6 Å². The first kappa shape index (κ1) is 30.2. The van der Waals surface area contributed by atoms with Crippen LogP contribution in [0.1, 0.15) is 57.7 Å². The summed E-state index contributed by atoms with van der Waals surface area (Å²) in [6.07, 6.45) is 3.89. The summed E-state index contributed by atoms with van der Waals surface area (Å²) in [5.74, 6) is 10.2. The summed E-state index contributed by atoms with van der Waals surface area (Å²) in [7, 11) is -0.533. The number of hydrogen-bond donors (Lipinski definition) is 1. The molecule has 39 heavy (non-hydrogen) atoms. The van der Waals surface area contributed by atoms with Crippen molar-refractivity contribution in [2.45, 2.75) is 64.8 Å². The summed E-state index contributed by atoms with van der Waals surface area (Å²) in [4.78, 5) is 1.69. The van der Waals surface area contributed by atoms with E-state index in [-0.39, 0.29) is 4.90 Å². The molecular formula is C28H41N7O3S. The van der Waals surface area contributed by atoms with Gasteiger partial charge in [0.1, 0.15) is 16.2 Å². The molecule has 0 bridgehead atoms. The predicted molar refractivity (Wildman–Crippen MR) is 152 cm³/mol. The van der Waals surface area contributed by atoms with E-state index in [0.717, 1.165) is 29.2 Å². The lowest BCUT2D eigenvalue weighted by Crippen LogP contribution is -2.49. The van der Waals surface area contributed by atoms with E-state index in [1.807, 2.05) is 50.2 Å². The largest absolute Gasteiger partial charge is 0.744 e. The Morgan fingerprint density at radius 2 is 1.56 bits per heavy atom. The molecule has 1 aliphatic rings. The molecule has 1 heterocycles. The third-order valence-electron chi connectivity index (χ3n) is 7.36. The van der Waals surface area contributed by atoms with Gasteiger partial charge in [-0.05, 0) is 79.1 Å². The van der Waals surface area contributed by atoms with E-state index in [0.29, 0.717) is 23.3 Å². The Kier molecular flexibility index (Phi) is 9.84. The van der Waals surface area contributed by atoms with Gasteiger partial charge < -0.3 is 9.45 Å². The van der Waals surface area contributed by atoms with Crippen LogP contribution in [0.15, 0.2) is 63.7 Å². The summed E-state index contributed by atoms with van der Waals surface area (Å²) in [5.41, 5.74) is 2.21. The molecule has 0 radical (unpaired) electrons. The molecule has 0 amide bonds. The number of nitrogens with two attached hydrogens (primary N) is 1. The van der Waals surface area contributed by atoms with E-state index in [4.69, 9.17) is 5.84 Å². The molecule has 1 aromatic heterocycles. The van der Waals surface area contributed by atoms with Crippen molar-refractivity contribution >= 4 is 27.2 Å². The van der Waals surface area contributed by atoms with Crippen LogP contribution >= 0.6 is 0 Å². The SMILES string of the molecule is CN(C)c1ccc(N=Nc2ccc(S(=O)(=O)[O-])cc2)cc1.Cc1nn(C2CC(C)CCC2C(C)C)c(C)[n+]1N. The number of azo groups is 1. The predicted octanol–water partition coefficient (Wildman–Crippen LogP) is 5.21. The van der Waals surface area contributed by atoms with Crippen LogP contribution in [-0.4, -0.2) is 36.8 Å². The maximum Gasteiger partial charge on any atom is 0.295 e. The monoisotopic (exact) mass is 555 g/mol. The molecular weight excluding hydrogens is 514 g/mol. The van der Waals surface area contributed by atoms with E-state index in [9.17, 15) is 13.0 Å². The highest BCUT2D eigenvalue weighted by Crippen LogP contribution is 2.40. The third-order valence-corrected chi connectivity index (χ3v) is 8.20. The van der Waals surface area contributed by atoms with Gasteiger partial charge in [-0.1, -0.05) is 27.2 Å². The van der Waals surface area contributed by atoms with Crippen molar-refractivity contribution in [2.24, 2.45) is 28.0 Å². The van der Waals surface area contributed by atoms with Crippen LogP contribution in [0.4, 0.5) is 17.1 Å². The fourth-order valence-corrected chi connectivity index (χ4v) is 5.45. The fraction of sp³-hybridized carbons (Fsp3) is 0.500. The fourth-order valence-electron chi connectivity index (χ4n) is 4.98. The molecule has 2 N–H and O–H groups in total. The van der Waals surface area contributed by atoms with Crippen LogP contribution in [-0.2, 0) is 10.1 Å². The lowest BCUT2D eigenvalue weighted by Gasteiger charge is -2.34. The number of aryl methyl sites for hydroxylation is 1. The normalized spacial score (nSPS) is 19.7. The highest BCUT2D eigenvalue weighted by Gasteiger charge is 2.38. The zero-order chi connectivity index (χ0) is 28.9. The Balaban J connectivity index is 0.000000218. The summed E-state index contributed by atoms with van der Waals surface area (Å²) in [6.45, 7) is 11.0. The first-order valence-corrected chi connectivity index (χ1v) is 14.7. The van der Waals surface area contributed by atoms with Crippen molar-refractivity contribution in [1.82, 2.24) is 9.78 Å². The maximum absolute atomic E-state index is 10.8. The molecule has 0 aliphatic heterocycles. The minimum absolute atomic E-state index is 0.281. The van der Waals surface area contributed by atoms with Gasteiger partial charge in [-0.3, -0.25) is 5.84 Å². The van der Waals surface area contributed by atoms with E-state index >= 15 is 0 Å². The molecule has 4 rings (SSSR count). The molecule has 10 nitrogen and oxygen atoms in total. The van der Waals surface area contributed by atoms with Crippen molar-refractivity contribution in [3.63, 3.8) is 0 Å². The minimum Gasteiger partial charge on any atom is -0.744 e. The first-order chi connectivity index (χ1) is 18.3. The lowest BCUT2D eigenvalue weighted by atomic mass is 9.74. The highest BCUT2D eigenvalue weighted by molar-refractivity contribution is 7.85. The molecule has 11 heteroatoms. The van der Waals surface area contributed by atoms with Gasteiger partial charge in [0.2, 0.25) is 0 Å². The van der Waals surface area contributed by atoms with Crippen LogP contribution in [0.2, 0.25) is 0 Å². The van der Waals surface area contributed by atoms with Gasteiger partial charge in [0.15, 0.2) is 0 Å². The second-order valence-electron chi connectivity index (χ2n) is 10.9. The number of aromatic nitrogens is 3. The highest BCUT2D eigenvalue weighted by atomic mass is 32.2. The zero-order valence-electron chi connectivity index (χ0n) is 23.9. The first-order valence-electron chi connectivity index (χ1n) is 13.3. The molecule has 3 atom stereocenters. The van der Waals surface area contributed by atoms with Gasteiger partial charge >= 0.3 is 0 Å². The van der Waals surface area contributed by atoms with Crippen molar-refractivity contribution in [1.29, 1.82) is 0 Å². The Bertz CT molecular complexity index is 1370. The molecule has 2 aromatic carbocycles. The van der Waals surface area contributed by atoms with Crippen LogP contribution in [0.3, 0.4) is 0 Å².